The van der Waals surface area contributed by atoms with E-state index in [4.69, 9.17) is 14.6 Å². The summed E-state index contributed by atoms with van der Waals surface area (Å²) in [7, 11) is 0. The fourth-order valence-electron chi connectivity index (χ4n) is 3.60. The standard InChI is InChI=1S/2C17H16FNO2/c1-13-6-9-17(21-11-3-10-20)16(19-13)8-7-14-4-2-5-15(18)12-14;1-3-21-17(20)14-9-12(2)19-16(11-14)8-7-13-5-4-6-15(18)10-13/h2,4-6,9,12,20H,3,10-11H2,1H3;4-11H,3H2,1-2H3. The molecule has 4 aromatic rings. The van der Waals surface area contributed by atoms with Gasteiger partial charge in [0.05, 0.1) is 24.5 Å². The molecule has 0 saturated heterocycles. The normalized spacial score (nSPS) is 10.3. The van der Waals surface area contributed by atoms with E-state index in [9.17, 15) is 13.6 Å². The second-order valence-corrected chi connectivity index (χ2v) is 9.02. The molecule has 0 aliphatic heterocycles. The van der Waals surface area contributed by atoms with E-state index in [0.29, 0.717) is 47.9 Å². The van der Waals surface area contributed by atoms with Crippen molar-refractivity contribution >= 4 is 18.1 Å². The number of ether oxygens (including phenoxy) is 2. The Kier molecular flexibility index (Phi) is 12.4. The van der Waals surface area contributed by atoms with E-state index in [1.54, 1.807) is 61.5 Å². The Morgan fingerprint density at radius 1 is 0.905 bits per heavy atom. The second kappa shape index (κ2) is 16.4. The third-order valence-electron chi connectivity index (χ3n) is 5.49. The van der Waals surface area contributed by atoms with Crippen LogP contribution in [0, 0.1) is 37.3 Å². The number of rotatable bonds is 8. The van der Waals surface area contributed by atoms with Gasteiger partial charge in [-0.1, -0.05) is 30.2 Å². The van der Waals surface area contributed by atoms with Crippen molar-refractivity contribution in [3.63, 3.8) is 0 Å². The zero-order valence-corrected chi connectivity index (χ0v) is 23.7. The van der Waals surface area contributed by atoms with Gasteiger partial charge in [-0.05, 0) is 92.9 Å². The van der Waals surface area contributed by atoms with Crippen molar-refractivity contribution in [1.29, 1.82) is 0 Å². The number of aliphatic hydroxyl groups excluding tert-OH is 1. The highest BCUT2D eigenvalue weighted by Crippen LogP contribution is 2.17. The fourth-order valence-corrected chi connectivity index (χ4v) is 3.60. The average molecular weight is 571 g/mol. The minimum atomic E-state index is -0.372. The van der Waals surface area contributed by atoms with E-state index < -0.39 is 0 Å². The lowest BCUT2D eigenvalue weighted by molar-refractivity contribution is 0.0526. The highest BCUT2D eigenvalue weighted by atomic mass is 19.1. The van der Waals surface area contributed by atoms with Crippen molar-refractivity contribution in [3.05, 3.63) is 124 Å². The van der Waals surface area contributed by atoms with Crippen LogP contribution in [0.25, 0.3) is 12.2 Å². The number of hydrogen-bond acceptors (Lipinski definition) is 6. The molecule has 8 heteroatoms. The first-order valence-corrected chi connectivity index (χ1v) is 13.4. The molecule has 0 bridgehead atoms. The minimum Gasteiger partial charge on any atom is -0.491 e. The van der Waals surface area contributed by atoms with Gasteiger partial charge in [0.15, 0.2) is 11.4 Å². The summed E-state index contributed by atoms with van der Waals surface area (Å²) in [4.78, 5) is 20.4. The predicted octanol–water partition coefficient (Wildman–Crippen LogP) is 6.57. The fraction of sp³-hybridized carbons (Fsp3) is 0.206. The largest absolute Gasteiger partial charge is 0.491 e. The number of pyridine rings is 2. The molecule has 1 N–H and O–H groups in total. The van der Waals surface area contributed by atoms with Gasteiger partial charge in [0.1, 0.15) is 11.6 Å². The molecule has 0 unspecified atom stereocenters. The summed E-state index contributed by atoms with van der Waals surface area (Å²) < 4.78 is 36.7. The summed E-state index contributed by atoms with van der Waals surface area (Å²) in [5, 5.41) is 8.78. The van der Waals surface area contributed by atoms with Crippen LogP contribution in [0.15, 0.2) is 72.8 Å². The van der Waals surface area contributed by atoms with Gasteiger partial charge in [-0.2, -0.15) is 0 Å². The van der Waals surface area contributed by atoms with Crippen molar-refractivity contribution in [1.82, 2.24) is 9.97 Å². The zero-order chi connectivity index (χ0) is 30.3. The number of esters is 1. The quantitative estimate of drug-likeness (QED) is 0.147. The molecule has 0 amide bonds. The molecule has 0 saturated carbocycles. The molecule has 2 aromatic heterocycles. The van der Waals surface area contributed by atoms with Crippen LogP contribution < -0.4 is 4.74 Å². The van der Waals surface area contributed by atoms with Crippen molar-refractivity contribution in [3.8, 4) is 17.6 Å². The highest BCUT2D eigenvalue weighted by Gasteiger charge is 2.08. The van der Waals surface area contributed by atoms with Gasteiger partial charge in [0, 0.05) is 30.0 Å². The van der Waals surface area contributed by atoms with Crippen molar-refractivity contribution in [2.45, 2.75) is 27.2 Å². The monoisotopic (exact) mass is 570 g/mol. The maximum absolute atomic E-state index is 13.1. The lowest BCUT2D eigenvalue weighted by Crippen LogP contribution is -2.06. The van der Waals surface area contributed by atoms with Crippen LogP contribution in [0.5, 0.6) is 5.75 Å². The summed E-state index contributed by atoms with van der Waals surface area (Å²) in [6.07, 6.45) is 4.04. The van der Waals surface area contributed by atoms with Gasteiger partial charge < -0.3 is 14.6 Å². The van der Waals surface area contributed by atoms with E-state index in [2.05, 4.69) is 21.8 Å². The molecular formula is C34H32F2N2O4. The number of aromatic nitrogens is 2. The molecule has 2 heterocycles. The third kappa shape index (κ3) is 10.6. The van der Waals surface area contributed by atoms with Gasteiger partial charge in [0.2, 0.25) is 0 Å². The van der Waals surface area contributed by atoms with Crippen molar-refractivity contribution < 1.29 is 28.2 Å². The smallest absolute Gasteiger partial charge is 0.338 e. The molecule has 0 aliphatic rings. The number of halogens is 2. The first kappa shape index (κ1) is 31.7. The van der Waals surface area contributed by atoms with Crippen LogP contribution in [0.3, 0.4) is 0 Å². The van der Waals surface area contributed by atoms with Crippen LogP contribution in [-0.4, -0.2) is 40.9 Å². The Morgan fingerprint density at radius 2 is 1.67 bits per heavy atom. The topological polar surface area (TPSA) is 81.5 Å². The maximum Gasteiger partial charge on any atom is 0.338 e. The van der Waals surface area contributed by atoms with E-state index in [-0.39, 0.29) is 24.2 Å². The van der Waals surface area contributed by atoms with Crippen LogP contribution in [0.1, 0.15) is 57.6 Å². The SMILES string of the molecule is CCOC(=O)c1cc(C)nc(C=Cc2cccc(F)c2)c1.Cc1ccc(OCCCO)c(C#Cc2cccc(F)c2)n1. The van der Waals surface area contributed by atoms with Crippen LogP contribution in [0.4, 0.5) is 8.78 Å². The molecule has 0 fully saturated rings. The minimum absolute atomic E-state index is 0.0730. The van der Waals surface area contributed by atoms with Gasteiger partial charge in [-0.15, -0.1) is 0 Å². The Bertz CT molecular complexity index is 1590. The van der Waals surface area contributed by atoms with Crippen LogP contribution in [-0.2, 0) is 4.74 Å². The molecule has 0 spiro atoms. The van der Waals surface area contributed by atoms with Crippen molar-refractivity contribution in [2.24, 2.45) is 0 Å². The third-order valence-corrected chi connectivity index (χ3v) is 5.49. The van der Waals surface area contributed by atoms with Gasteiger partial charge in [0.25, 0.3) is 0 Å². The number of nitrogens with zero attached hydrogens (tertiary/aromatic N) is 2. The molecular weight excluding hydrogens is 538 g/mol. The second-order valence-electron chi connectivity index (χ2n) is 9.02. The molecule has 0 atom stereocenters. The van der Waals surface area contributed by atoms with Crippen LogP contribution >= 0.6 is 0 Å². The average Bonchev–Trinajstić information content (AvgIpc) is 2.96. The molecule has 0 aliphatic carbocycles. The summed E-state index contributed by atoms with van der Waals surface area (Å²) in [6, 6.07) is 19.3. The molecule has 216 valence electrons. The molecule has 6 nitrogen and oxygen atoms in total. The number of aliphatic hydroxyl groups is 1. The number of carbonyl (C=O) groups is 1. The molecule has 4 rings (SSSR count). The Balaban J connectivity index is 0.000000230. The van der Waals surface area contributed by atoms with Gasteiger partial charge in [-0.25, -0.2) is 18.6 Å². The summed E-state index contributed by atoms with van der Waals surface area (Å²) in [5.74, 6) is 5.37. The summed E-state index contributed by atoms with van der Waals surface area (Å²) >= 11 is 0. The lowest BCUT2D eigenvalue weighted by Gasteiger charge is -2.07. The van der Waals surface area contributed by atoms with E-state index in [0.717, 1.165) is 17.0 Å². The summed E-state index contributed by atoms with van der Waals surface area (Å²) in [6.45, 7) is 6.23. The van der Waals surface area contributed by atoms with Gasteiger partial charge in [-0.3, -0.25) is 4.98 Å². The Hall–Kier alpha value is -4.87. The first-order valence-electron chi connectivity index (χ1n) is 13.4. The predicted molar refractivity (Wildman–Crippen MR) is 159 cm³/mol. The molecule has 42 heavy (non-hydrogen) atoms. The summed E-state index contributed by atoms with van der Waals surface area (Å²) in [5.41, 5.74) is 4.46. The van der Waals surface area contributed by atoms with E-state index in [1.165, 1.54) is 24.3 Å². The number of aryl methyl sites for hydroxylation is 2. The zero-order valence-electron chi connectivity index (χ0n) is 23.7. The van der Waals surface area contributed by atoms with E-state index in [1.807, 2.05) is 19.9 Å². The number of carbonyl (C=O) groups excluding carboxylic acids is 1. The van der Waals surface area contributed by atoms with Gasteiger partial charge >= 0.3 is 5.97 Å². The molecule has 2 aromatic carbocycles. The lowest BCUT2D eigenvalue weighted by atomic mass is 10.1. The van der Waals surface area contributed by atoms with Crippen molar-refractivity contribution in [2.75, 3.05) is 19.8 Å². The molecule has 0 radical (unpaired) electrons. The maximum atomic E-state index is 13.1. The Morgan fingerprint density at radius 3 is 2.38 bits per heavy atom. The first-order chi connectivity index (χ1) is 20.3. The number of benzene rings is 2. The Labute approximate surface area is 244 Å². The number of hydrogen-bond donors (Lipinski definition) is 1. The van der Waals surface area contributed by atoms with E-state index >= 15 is 0 Å². The highest BCUT2D eigenvalue weighted by molar-refractivity contribution is 5.90. The van der Waals surface area contributed by atoms with Crippen LogP contribution in [0.2, 0.25) is 0 Å².